The third-order valence-electron chi connectivity index (χ3n) is 4.49. The molecule has 0 aromatic heterocycles. The number of rotatable bonds is 5. The van der Waals surface area contributed by atoms with Gasteiger partial charge in [-0.1, -0.05) is 25.5 Å². The van der Waals surface area contributed by atoms with Crippen molar-refractivity contribution in [3.63, 3.8) is 0 Å². The summed E-state index contributed by atoms with van der Waals surface area (Å²) in [5.74, 6) is -0.130. The van der Waals surface area contributed by atoms with Gasteiger partial charge in [0, 0.05) is 32.9 Å². The number of benzene rings is 1. The number of unbranched alkanes of at least 4 members (excludes halogenated alkanes) is 1. The molecule has 0 unspecified atom stereocenters. The van der Waals surface area contributed by atoms with E-state index in [9.17, 15) is 9.59 Å². The number of carbonyl (C=O) groups is 2. The van der Waals surface area contributed by atoms with Gasteiger partial charge in [-0.2, -0.15) is 0 Å². The summed E-state index contributed by atoms with van der Waals surface area (Å²) in [6, 6.07) is 8.07. The van der Waals surface area contributed by atoms with E-state index in [-0.39, 0.29) is 17.9 Å². The number of nitrogens with one attached hydrogen (secondary N) is 1. The van der Waals surface area contributed by atoms with Crippen LogP contribution in [-0.2, 0) is 11.2 Å². The topological polar surface area (TPSA) is 52.7 Å². The average Bonchev–Trinajstić information content (AvgIpc) is 2.60. The monoisotopic (exact) mass is 331 g/mol. The van der Waals surface area contributed by atoms with E-state index in [4.69, 9.17) is 0 Å². The first-order chi connectivity index (χ1) is 11.5. The van der Waals surface area contributed by atoms with Crippen molar-refractivity contribution in [2.75, 3.05) is 32.5 Å². The molecule has 1 fully saturated rings. The molecule has 1 atom stereocenters. The Morgan fingerprint density at radius 1 is 1.25 bits per heavy atom. The van der Waals surface area contributed by atoms with Crippen LogP contribution in [0, 0.1) is 5.92 Å². The summed E-state index contributed by atoms with van der Waals surface area (Å²) >= 11 is 0. The van der Waals surface area contributed by atoms with Crippen LogP contribution in [0.4, 0.5) is 10.5 Å². The zero-order valence-electron chi connectivity index (χ0n) is 15.0. The Kier molecular flexibility index (Phi) is 6.64. The lowest BCUT2D eigenvalue weighted by Crippen LogP contribution is -2.47. The van der Waals surface area contributed by atoms with Crippen molar-refractivity contribution >= 4 is 17.6 Å². The predicted molar refractivity (Wildman–Crippen MR) is 97.1 cm³/mol. The van der Waals surface area contributed by atoms with Crippen molar-refractivity contribution in [1.82, 2.24) is 9.80 Å². The second-order valence-electron chi connectivity index (χ2n) is 6.75. The molecule has 1 aliphatic heterocycles. The van der Waals surface area contributed by atoms with Gasteiger partial charge in [0.05, 0.1) is 5.92 Å². The van der Waals surface area contributed by atoms with Crippen LogP contribution in [0.3, 0.4) is 0 Å². The standard InChI is InChI=1S/C19H29N3O2/c1-4-5-7-15-9-11-17(12-10-15)20-18(23)16-8-6-13-22(14-16)19(24)21(2)3/h9-12,16H,4-8,13-14H2,1-3H3,(H,20,23)/t16-/m1/s1. The molecule has 1 aromatic carbocycles. The molecule has 0 aliphatic carbocycles. The van der Waals surface area contributed by atoms with E-state index >= 15 is 0 Å². The molecular formula is C19H29N3O2. The summed E-state index contributed by atoms with van der Waals surface area (Å²) in [5, 5.41) is 2.99. The highest BCUT2D eigenvalue weighted by atomic mass is 16.2. The van der Waals surface area contributed by atoms with Crippen molar-refractivity contribution in [2.45, 2.75) is 39.0 Å². The number of likely N-dealkylation sites (tertiary alicyclic amines) is 1. The van der Waals surface area contributed by atoms with Gasteiger partial charge < -0.3 is 15.1 Å². The van der Waals surface area contributed by atoms with Crippen LogP contribution >= 0.6 is 0 Å². The zero-order chi connectivity index (χ0) is 17.5. The molecule has 1 aliphatic rings. The predicted octanol–water partition coefficient (Wildman–Crippen LogP) is 3.36. The summed E-state index contributed by atoms with van der Waals surface area (Å²) < 4.78 is 0. The van der Waals surface area contributed by atoms with Gasteiger partial charge in [-0.25, -0.2) is 4.79 Å². The summed E-state index contributed by atoms with van der Waals surface area (Å²) in [5.41, 5.74) is 2.13. The fourth-order valence-corrected chi connectivity index (χ4v) is 3.03. The minimum Gasteiger partial charge on any atom is -0.331 e. The number of carbonyl (C=O) groups excluding carboxylic acids is 2. The Hall–Kier alpha value is -2.04. The maximum atomic E-state index is 12.5. The number of piperidine rings is 1. The molecule has 1 heterocycles. The van der Waals surface area contributed by atoms with Crippen molar-refractivity contribution in [1.29, 1.82) is 0 Å². The Morgan fingerprint density at radius 3 is 2.58 bits per heavy atom. The molecule has 0 radical (unpaired) electrons. The van der Waals surface area contributed by atoms with Crippen molar-refractivity contribution in [2.24, 2.45) is 5.92 Å². The quantitative estimate of drug-likeness (QED) is 0.899. The second kappa shape index (κ2) is 8.71. The Morgan fingerprint density at radius 2 is 1.96 bits per heavy atom. The third-order valence-corrected chi connectivity index (χ3v) is 4.49. The van der Waals surface area contributed by atoms with E-state index in [1.807, 2.05) is 12.1 Å². The van der Waals surface area contributed by atoms with Gasteiger partial charge in [0.2, 0.25) is 5.91 Å². The van der Waals surface area contributed by atoms with Gasteiger partial charge >= 0.3 is 6.03 Å². The summed E-state index contributed by atoms with van der Waals surface area (Å²) in [7, 11) is 3.48. The van der Waals surface area contributed by atoms with Gasteiger partial charge in [-0.15, -0.1) is 0 Å². The number of amides is 3. The van der Waals surface area contributed by atoms with Gasteiger partial charge in [-0.05, 0) is 43.4 Å². The SMILES string of the molecule is CCCCc1ccc(NC(=O)[C@@H]2CCCN(C(=O)N(C)C)C2)cc1. The Labute approximate surface area is 145 Å². The van der Waals surface area contributed by atoms with E-state index in [1.54, 1.807) is 23.9 Å². The smallest absolute Gasteiger partial charge is 0.319 e. The van der Waals surface area contributed by atoms with Crippen LogP contribution < -0.4 is 5.32 Å². The highest BCUT2D eigenvalue weighted by Gasteiger charge is 2.29. The highest BCUT2D eigenvalue weighted by Crippen LogP contribution is 2.20. The normalized spacial score (nSPS) is 17.5. The van der Waals surface area contributed by atoms with Crippen LogP contribution in [0.25, 0.3) is 0 Å². The Balaban J connectivity index is 1.90. The minimum atomic E-state index is -0.137. The summed E-state index contributed by atoms with van der Waals surface area (Å²) in [4.78, 5) is 27.9. The Bertz CT molecular complexity index is 554. The minimum absolute atomic E-state index is 0.00700. The van der Waals surface area contributed by atoms with Crippen LogP contribution in [0.2, 0.25) is 0 Å². The zero-order valence-corrected chi connectivity index (χ0v) is 15.0. The number of hydrogen-bond donors (Lipinski definition) is 1. The molecule has 1 saturated heterocycles. The van der Waals surface area contributed by atoms with E-state index in [0.29, 0.717) is 6.54 Å². The largest absolute Gasteiger partial charge is 0.331 e. The van der Waals surface area contributed by atoms with Crippen LogP contribution in [0.1, 0.15) is 38.2 Å². The fraction of sp³-hybridized carbons (Fsp3) is 0.579. The average molecular weight is 331 g/mol. The molecular weight excluding hydrogens is 302 g/mol. The first kappa shape index (κ1) is 18.3. The number of aryl methyl sites for hydroxylation is 1. The number of anilines is 1. The fourth-order valence-electron chi connectivity index (χ4n) is 3.03. The molecule has 0 bridgehead atoms. The van der Waals surface area contributed by atoms with Gasteiger partial charge in [0.25, 0.3) is 0 Å². The lowest BCUT2D eigenvalue weighted by atomic mass is 9.97. The molecule has 0 saturated carbocycles. The van der Waals surface area contributed by atoms with Gasteiger partial charge in [0.1, 0.15) is 0 Å². The van der Waals surface area contributed by atoms with E-state index in [1.165, 1.54) is 18.4 Å². The summed E-state index contributed by atoms with van der Waals surface area (Å²) in [6.45, 7) is 3.41. The lowest BCUT2D eigenvalue weighted by Gasteiger charge is -2.33. The number of hydrogen-bond acceptors (Lipinski definition) is 2. The highest BCUT2D eigenvalue weighted by molar-refractivity contribution is 5.93. The van der Waals surface area contributed by atoms with Crippen LogP contribution in [0.5, 0.6) is 0 Å². The van der Waals surface area contributed by atoms with Gasteiger partial charge in [-0.3, -0.25) is 4.79 Å². The van der Waals surface area contributed by atoms with E-state index < -0.39 is 0 Å². The van der Waals surface area contributed by atoms with Crippen molar-refractivity contribution in [3.8, 4) is 0 Å². The number of urea groups is 1. The maximum Gasteiger partial charge on any atom is 0.319 e. The lowest BCUT2D eigenvalue weighted by molar-refractivity contribution is -0.121. The second-order valence-corrected chi connectivity index (χ2v) is 6.75. The van der Waals surface area contributed by atoms with Crippen molar-refractivity contribution in [3.05, 3.63) is 29.8 Å². The summed E-state index contributed by atoms with van der Waals surface area (Å²) in [6.07, 6.45) is 5.14. The van der Waals surface area contributed by atoms with Crippen LogP contribution in [0.15, 0.2) is 24.3 Å². The molecule has 5 nitrogen and oxygen atoms in total. The molecule has 24 heavy (non-hydrogen) atoms. The molecule has 1 N–H and O–H groups in total. The molecule has 2 rings (SSSR count). The van der Waals surface area contributed by atoms with E-state index in [2.05, 4.69) is 24.4 Å². The molecule has 5 heteroatoms. The molecule has 3 amide bonds. The third kappa shape index (κ3) is 4.98. The first-order valence-electron chi connectivity index (χ1n) is 8.87. The maximum absolute atomic E-state index is 12.5. The molecule has 0 spiro atoms. The van der Waals surface area contributed by atoms with Crippen molar-refractivity contribution < 1.29 is 9.59 Å². The van der Waals surface area contributed by atoms with E-state index in [0.717, 1.165) is 31.5 Å². The van der Waals surface area contributed by atoms with Gasteiger partial charge in [0.15, 0.2) is 0 Å². The van der Waals surface area contributed by atoms with Crippen LogP contribution in [-0.4, -0.2) is 48.9 Å². The first-order valence-corrected chi connectivity index (χ1v) is 8.87. The number of nitrogens with zero attached hydrogens (tertiary/aromatic N) is 2. The molecule has 1 aromatic rings. The molecule has 132 valence electrons.